The minimum absolute atomic E-state index is 0.103. The molecule has 1 aliphatic heterocycles. The summed E-state index contributed by atoms with van der Waals surface area (Å²) in [5, 5.41) is 9.55. The highest BCUT2D eigenvalue weighted by Crippen LogP contribution is 2.34. The van der Waals surface area contributed by atoms with E-state index in [1.807, 2.05) is 0 Å². The summed E-state index contributed by atoms with van der Waals surface area (Å²) in [5.74, 6) is 0. The normalized spacial score (nSPS) is 26.3. The van der Waals surface area contributed by atoms with Crippen molar-refractivity contribution in [3.05, 3.63) is 16.8 Å². The second-order valence-electron chi connectivity index (χ2n) is 4.54. The van der Waals surface area contributed by atoms with Gasteiger partial charge in [-0.2, -0.15) is 5.10 Å². The molecule has 1 saturated heterocycles. The van der Waals surface area contributed by atoms with E-state index >= 15 is 0 Å². The molecule has 0 bridgehead atoms. The van der Waals surface area contributed by atoms with Crippen molar-refractivity contribution in [2.45, 2.75) is 26.3 Å². The fraction of sp³-hybridized carbons (Fsp3) is 0.778. The molecule has 2 N–H and O–H groups in total. The van der Waals surface area contributed by atoms with E-state index in [1.165, 1.54) is 0 Å². The highest BCUT2D eigenvalue weighted by molar-refractivity contribution is 4.90. The van der Waals surface area contributed by atoms with E-state index in [4.69, 9.17) is 0 Å². The van der Waals surface area contributed by atoms with Crippen LogP contribution in [-0.2, 0) is 0 Å². The third-order valence-corrected chi connectivity index (χ3v) is 2.99. The van der Waals surface area contributed by atoms with Crippen LogP contribution in [0, 0.1) is 5.41 Å². The minimum atomic E-state index is -0.107. The van der Waals surface area contributed by atoms with Gasteiger partial charge in [0, 0.05) is 12.6 Å². The lowest BCUT2D eigenvalue weighted by atomic mass is 9.80. The molecular formula is C9H16N4O. The molecule has 1 atom stereocenters. The number of rotatable bonds is 1. The van der Waals surface area contributed by atoms with E-state index in [1.54, 1.807) is 10.9 Å². The van der Waals surface area contributed by atoms with Crippen LogP contribution in [0.3, 0.4) is 0 Å². The summed E-state index contributed by atoms with van der Waals surface area (Å²) in [6, 6.07) is 0.245. The van der Waals surface area contributed by atoms with Crippen LogP contribution in [-0.4, -0.2) is 27.9 Å². The van der Waals surface area contributed by atoms with Gasteiger partial charge in [-0.25, -0.2) is 9.89 Å². The molecule has 1 aliphatic rings. The van der Waals surface area contributed by atoms with E-state index in [0.717, 1.165) is 19.5 Å². The Hall–Kier alpha value is -1.10. The van der Waals surface area contributed by atoms with Crippen molar-refractivity contribution in [1.82, 2.24) is 20.1 Å². The summed E-state index contributed by atoms with van der Waals surface area (Å²) in [4.78, 5) is 11.4. The largest absolute Gasteiger partial charge is 0.343 e. The van der Waals surface area contributed by atoms with Crippen molar-refractivity contribution < 1.29 is 0 Å². The van der Waals surface area contributed by atoms with Gasteiger partial charge >= 0.3 is 5.69 Å². The molecular weight excluding hydrogens is 180 g/mol. The smallest absolute Gasteiger partial charge is 0.316 e. The van der Waals surface area contributed by atoms with Gasteiger partial charge in [0.25, 0.3) is 0 Å². The zero-order valence-corrected chi connectivity index (χ0v) is 8.58. The Bertz CT molecular complexity index is 365. The number of H-pyrrole nitrogens is 1. The summed E-state index contributed by atoms with van der Waals surface area (Å²) in [6.07, 6.45) is 2.58. The Morgan fingerprint density at radius 3 is 3.00 bits per heavy atom. The molecule has 78 valence electrons. The number of piperidine rings is 1. The van der Waals surface area contributed by atoms with Crippen LogP contribution in [0.2, 0.25) is 0 Å². The molecule has 1 unspecified atom stereocenters. The number of hydrogen-bond donors (Lipinski definition) is 2. The third kappa shape index (κ3) is 1.48. The van der Waals surface area contributed by atoms with Gasteiger partial charge in [0.15, 0.2) is 0 Å². The molecule has 1 aromatic heterocycles. The topological polar surface area (TPSA) is 62.7 Å². The van der Waals surface area contributed by atoms with Gasteiger partial charge in [-0.1, -0.05) is 13.8 Å². The van der Waals surface area contributed by atoms with Crippen LogP contribution in [0.1, 0.15) is 26.3 Å². The lowest BCUT2D eigenvalue weighted by molar-refractivity contribution is 0.158. The van der Waals surface area contributed by atoms with E-state index in [2.05, 4.69) is 29.4 Å². The van der Waals surface area contributed by atoms with Gasteiger partial charge < -0.3 is 5.32 Å². The molecule has 5 heteroatoms. The van der Waals surface area contributed by atoms with Crippen molar-refractivity contribution in [1.29, 1.82) is 0 Å². The summed E-state index contributed by atoms with van der Waals surface area (Å²) in [6.45, 7) is 6.24. The Morgan fingerprint density at radius 2 is 2.43 bits per heavy atom. The number of nitrogens with zero attached hydrogens (tertiary/aromatic N) is 2. The Morgan fingerprint density at radius 1 is 1.64 bits per heavy atom. The molecule has 0 spiro atoms. The number of aromatic amines is 1. The van der Waals surface area contributed by atoms with Gasteiger partial charge in [0.05, 0.1) is 0 Å². The van der Waals surface area contributed by atoms with Gasteiger partial charge in [0.2, 0.25) is 0 Å². The Balaban J connectivity index is 2.33. The zero-order chi connectivity index (χ0) is 10.2. The van der Waals surface area contributed by atoms with E-state index in [0.29, 0.717) is 0 Å². The average molecular weight is 196 g/mol. The van der Waals surface area contributed by atoms with Crippen LogP contribution >= 0.6 is 0 Å². The summed E-state index contributed by atoms with van der Waals surface area (Å²) < 4.78 is 1.71. The summed E-state index contributed by atoms with van der Waals surface area (Å²) >= 11 is 0. The lowest BCUT2D eigenvalue weighted by Crippen LogP contribution is -2.45. The summed E-state index contributed by atoms with van der Waals surface area (Å²) in [7, 11) is 0. The van der Waals surface area contributed by atoms with Crippen LogP contribution in [0.5, 0.6) is 0 Å². The molecule has 1 fully saturated rings. The molecule has 14 heavy (non-hydrogen) atoms. The van der Waals surface area contributed by atoms with Gasteiger partial charge in [-0.15, -0.1) is 0 Å². The fourth-order valence-electron chi connectivity index (χ4n) is 2.15. The molecule has 0 aliphatic carbocycles. The van der Waals surface area contributed by atoms with Gasteiger partial charge in [-0.3, -0.25) is 4.57 Å². The maximum absolute atomic E-state index is 11.4. The van der Waals surface area contributed by atoms with Gasteiger partial charge in [0.1, 0.15) is 6.33 Å². The van der Waals surface area contributed by atoms with Crippen LogP contribution in [0.15, 0.2) is 11.1 Å². The zero-order valence-electron chi connectivity index (χ0n) is 8.58. The molecule has 0 saturated carbocycles. The number of aromatic nitrogens is 3. The second-order valence-corrected chi connectivity index (χ2v) is 4.54. The van der Waals surface area contributed by atoms with E-state index in [-0.39, 0.29) is 17.1 Å². The minimum Gasteiger partial charge on any atom is -0.316 e. The quantitative estimate of drug-likeness (QED) is 0.671. The van der Waals surface area contributed by atoms with Crippen molar-refractivity contribution in [2.24, 2.45) is 5.41 Å². The van der Waals surface area contributed by atoms with Crippen LogP contribution < -0.4 is 11.0 Å². The van der Waals surface area contributed by atoms with Crippen molar-refractivity contribution >= 4 is 0 Å². The Labute approximate surface area is 82.5 Å². The van der Waals surface area contributed by atoms with Crippen molar-refractivity contribution in [3.63, 3.8) is 0 Å². The fourth-order valence-corrected chi connectivity index (χ4v) is 2.15. The van der Waals surface area contributed by atoms with Crippen LogP contribution in [0.4, 0.5) is 0 Å². The van der Waals surface area contributed by atoms with E-state index in [9.17, 15) is 4.79 Å². The molecule has 0 radical (unpaired) electrons. The first-order chi connectivity index (χ1) is 6.61. The maximum Gasteiger partial charge on any atom is 0.343 e. The monoisotopic (exact) mass is 196 g/mol. The molecule has 0 amide bonds. The van der Waals surface area contributed by atoms with Crippen molar-refractivity contribution in [3.8, 4) is 0 Å². The van der Waals surface area contributed by atoms with E-state index < -0.39 is 0 Å². The first-order valence-electron chi connectivity index (χ1n) is 4.93. The molecule has 1 aromatic rings. The lowest BCUT2D eigenvalue weighted by Gasteiger charge is -2.38. The maximum atomic E-state index is 11.4. The molecule has 2 rings (SSSR count). The highest BCUT2D eigenvalue weighted by atomic mass is 16.1. The SMILES string of the molecule is CC1(C)CNCCC1n1cn[nH]c1=O. The molecule has 2 heterocycles. The highest BCUT2D eigenvalue weighted by Gasteiger charge is 2.34. The predicted octanol–water partition coefficient (Wildman–Crippen LogP) is 0.132. The van der Waals surface area contributed by atoms with Crippen LogP contribution in [0.25, 0.3) is 0 Å². The molecule has 5 nitrogen and oxygen atoms in total. The number of hydrogen-bond acceptors (Lipinski definition) is 3. The third-order valence-electron chi connectivity index (χ3n) is 2.99. The first kappa shape index (κ1) is 9.45. The second kappa shape index (κ2) is 3.24. The first-order valence-corrected chi connectivity index (χ1v) is 4.93. The predicted molar refractivity (Wildman–Crippen MR) is 53.2 cm³/mol. The summed E-state index contributed by atoms with van der Waals surface area (Å²) in [5.41, 5.74) is -0.00338. The van der Waals surface area contributed by atoms with Crippen molar-refractivity contribution in [2.75, 3.05) is 13.1 Å². The standard InChI is InChI=1S/C9H16N4O/c1-9(2)5-10-4-3-7(9)13-6-11-12-8(13)14/h6-7,10H,3-5H2,1-2H3,(H,12,14). The Kier molecular flexibility index (Phi) is 2.19. The van der Waals surface area contributed by atoms with Gasteiger partial charge in [-0.05, 0) is 18.4 Å². The molecule has 0 aromatic carbocycles. The average Bonchev–Trinajstić information content (AvgIpc) is 2.51. The number of nitrogens with one attached hydrogen (secondary N) is 2.